The van der Waals surface area contributed by atoms with Crippen LogP contribution in [0.1, 0.15) is 26.2 Å². The highest BCUT2D eigenvalue weighted by Crippen LogP contribution is 2.23. The summed E-state index contributed by atoms with van der Waals surface area (Å²) in [7, 11) is 0. The average Bonchev–Trinajstić information content (AvgIpc) is 2.70. The monoisotopic (exact) mass is 402 g/mol. The third kappa shape index (κ3) is 8.00. The summed E-state index contributed by atoms with van der Waals surface area (Å²) in [5.74, 6) is -1.22. The average molecular weight is 402 g/mol. The molecule has 0 bridgehead atoms. The smallest absolute Gasteiger partial charge is 0.306 e. The maximum atomic E-state index is 12.8. The first-order chi connectivity index (χ1) is 14.0. The number of anilines is 2. The van der Waals surface area contributed by atoms with Crippen molar-refractivity contribution in [3.8, 4) is 5.75 Å². The van der Waals surface area contributed by atoms with Crippen LogP contribution >= 0.6 is 0 Å². The molecule has 8 heteroatoms. The van der Waals surface area contributed by atoms with E-state index in [1.807, 2.05) is 6.92 Å². The molecule has 2 aromatic carbocycles. The molecule has 0 unspecified atom stereocenters. The molecule has 2 N–H and O–H groups in total. The molecule has 0 saturated heterocycles. The third-order valence-corrected chi connectivity index (χ3v) is 3.74. The van der Waals surface area contributed by atoms with E-state index >= 15 is 0 Å². The number of esters is 1. The minimum absolute atomic E-state index is 0.000347. The van der Waals surface area contributed by atoms with Crippen molar-refractivity contribution in [2.75, 3.05) is 23.8 Å². The second-order valence-corrected chi connectivity index (χ2v) is 6.05. The fourth-order valence-corrected chi connectivity index (χ4v) is 2.41. The van der Waals surface area contributed by atoms with Gasteiger partial charge in [-0.1, -0.05) is 12.1 Å². The Kier molecular flexibility index (Phi) is 8.62. The van der Waals surface area contributed by atoms with E-state index in [0.29, 0.717) is 23.7 Å². The van der Waals surface area contributed by atoms with Gasteiger partial charge in [-0.2, -0.15) is 0 Å². The molecular formula is C21H23FN2O5. The minimum Gasteiger partial charge on any atom is -0.492 e. The van der Waals surface area contributed by atoms with Gasteiger partial charge in [-0.25, -0.2) is 4.39 Å². The predicted octanol–water partition coefficient (Wildman–Crippen LogP) is 3.52. The Morgan fingerprint density at radius 3 is 2.38 bits per heavy atom. The number of nitrogens with one attached hydrogen (secondary N) is 2. The summed E-state index contributed by atoms with van der Waals surface area (Å²) >= 11 is 0. The number of ether oxygens (including phenoxy) is 2. The number of rotatable bonds is 10. The van der Waals surface area contributed by atoms with E-state index in [9.17, 15) is 18.8 Å². The molecule has 0 aliphatic carbocycles. The summed E-state index contributed by atoms with van der Waals surface area (Å²) in [6.07, 6.45) is 0.362. The maximum absolute atomic E-state index is 12.8. The normalized spacial score (nSPS) is 10.1. The third-order valence-electron chi connectivity index (χ3n) is 3.74. The summed E-state index contributed by atoms with van der Waals surface area (Å²) < 4.78 is 23.2. The Labute approximate surface area is 168 Å². The van der Waals surface area contributed by atoms with E-state index in [1.54, 1.807) is 24.3 Å². The summed E-state index contributed by atoms with van der Waals surface area (Å²) in [5, 5.41) is 5.23. The van der Waals surface area contributed by atoms with Crippen molar-refractivity contribution in [2.45, 2.75) is 26.2 Å². The van der Waals surface area contributed by atoms with E-state index < -0.39 is 24.3 Å². The zero-order valence-corrected chi connectivity index (χ0v) is 16.1. The number of amides is 2. The molecule has 0 radical (unpaired) electrons. The fraction of sp³-hybridized carbons (Fsp3) is 0.286. The van der Waals surface area contributed by atoms with Gasteiger partial charge < -0.3 is 20.1 Å². The van der Waals surface area contributed by atoms with Crippen LogP contribution in [0, 0.1) is 5.82 Å². The van der Waals surface area contributed by atoms with Gasteiger partial charge in [0.2, 0.25) is 5.91 Å². The van der Waals surface area contributed by atoms with Gasteiger partial charge in [-0.15, -0.1) is 0 Å². The van der Waals surface area contributed by atoms with E-state index in [2.05, 4.69) is 10.6 Å². The van der Waals surface area contributed by atoms with E-state index in [-0.39, 0.29) is 25.2 Å². The highest BCUT2D eigenvalue weighted by Gasteiger charge is 2.11. The Balaban J connectivity index is 1.66. The van der Waals surface area contributed by atoms with Gasteiger partial charge in [0.25, 0.3) is 5.91 Å². The first kappa shape index (κ1) is 21.9. The van der Waals surface area contributed by atoms with Crippen LogP contribution in [0.15, 0.2) is 48.5 Å². The molecule has 0 heterocycles. The quantitative estimate of drug-likeness (QED) is 0.593. The standard InChI is InChI=1S/C21H23FN2O5/c1-2-28-18-7-4-3-6-17(18)24-20(26)14-29-21(27)9-5-8-19(25)23-16-12-10-15(22)11-13-16/h3-4,6-7,10-13H,2,5,8-9,14H2,1H3,(H,23,25)(H,24,26). The molecular weight excluding hydrogens is 379 g/mol. The van der Waals surface area contributed by atoms with Crippen molar-refractivity contribution in [1.29, 1.82) is 0 Å². The molecule has 7 nitrogen and oxygen atoms in total. The predicted molar refractivity (Wildman–Crippen MR) is 106 cm³/mol. The largest absolute Gasteiger partial charge is 0.492 e. The number of halogens is 1. The van der Waals surface area contributed by atoms with Gasteiger partial charge in [0.15, 0.2) is 6.61 Å². The van der Waals surface area contributed by atoms with Crippen LogP contribution in [0.4, 0.5) is 15.8 Å². The molecule has 154 valence electrons. The van der Waals surface area contributed by atoms with Crippen molar-refractivity contribution in [3.05, 3.63) is 54.3 Å². The van der Waals surface area contributed by atoms with Crippen LogP contribution in [0.25, 0.3) is 0 Å². The first-order valence-corrected chi connectivity index (χ1v) is 9.20. The lowest BCUT2D eigenvalue weighted by atomic mass is 10.2. The Morgan fingerprint density at radius 2 is 1.66 bits per heavy atom. The molecule has 0 atom stereocenters. The highest BCUT2D eigenvalue weighted by atomic mass is 19.1. The highest BCUT2D eigenvalue weighted by molar-refractivity contribution is 5.94. The zero-order valence-electron chi connectivity index (χ0n) is 16.1. The molecule has 0 aromatic heterocycles. The molecule has 29 heavy (non-hydrogen) atoms. The van der Waals surface area contributed by atoms with Gasteiger partial charge in [0.05, 0.1) is 12.3 Å². The fourth-order valence-electron chi connectivity index (χ4n) is 2.41. The van der Waals surface area contributed by atoms with Gasteiger partial charge in [-0.05, 0) is 49.7 Å². The summed E-state index contributed by atoms with van der Waals surface area (Å²) in [4.78, 5) is 35.5. The molecule has 0 fully saturated rings. The molecule has 2 amide bonds. The summed E-state index contributed by atoms with van der Waals surface area (Å²) in [5.41, 5.74) is 0.968. The van der Waals surface area contributed by atoms with Crippen LogP contribution in [0.5, 0.6) is 5.75 Å². The molecule has 0 spiro atoms. The Hall–Kier alpha value is -3.42. The number of hydrogen-bond donors (Lipinski definition) is 2. The van der Waals surface area contributed by atoms with Gasteiger partial charge >= 0.3 is 5.97 Å². The van der Waals surface area contributed by atoms with Gasteiger partial charge in [-0.3, -0.25) is 14.4 Å². The zero-order chi connectivity index (χ0) is 21.1. The van der Waals surface area contributed by atoms with E-state index in [4.69, 9.17) is 9.47 Å². The van der Waals surface area contributed by atoms with Crippen molar-refractivity contribution in [1.82, 2.24) is 0 Å². The van der Waals surface area contributed by atoms with Crippen LogP contribution in [0.2, 0.25) is 0 Å². The second-order valence-electron chi connectivity index (χ2n) is 6.05. The lowest BCUT2D eigenvalue weighted by molar-refractivity contribution is -0.147. The topological polar surface area (TPSA) is 93.7 Å². The van der Waals surface area contributed by atoms with Crippen molar-refractivity contribution in [2.24, 2.45) is 0 Å². The second kappa shape index (κ2) is 11.4. The molecule has 0 saturated carbocycles. The first-order valence-electron chi connectivity index (χ1n) is 9.20. The summed E-state index contributed by atoms with van der Waals surface area (Å²) in [6, 6.07) is 12.3. The van der Waals surface area contributed by atoms with Crippen molar-refractivity contribution >= 4 is 29.2 Å². The molecule has 2 aromatic rings. The van der Waals surface area contributed by atoms with Gasteiger partial charge in [0.1, 0.15) is 11.6 Å². The van der Waals surface area contributed by atoms with Crippen LogP contribution < -0.4 is 15.4 Å². The summed E-state index contributed by atoms with van der Waals surface area (Å²) in [6.45, 7) is 1.86. The van der Waals surface area contributed by atoms with E-state index in [1.165, 1.54) is 24.3 Å². The minimum atomic E-state index is -0.576. The molecule has 2 rings (SSSR count). The number of benzene rings is 2. The molecule has 0 aliphatic rings. The SMILES string of the molecule is CCOc1ccccc1NC(=O)COC(=O)CCCC(=O)Nc1ccc(F)cc1. The van der Waals surface area contributed by atoms with Crippen LogP contribution in [-0.4, -0.2) is 31.0 Å². The van der Waals surface area contributed by atoms with Crippen LogP contribution in [0.3, 0.4) is 0 Å². The Morgan fingerprint density at radius 1 is 0.931 bits per heavy atom. The van der Waals surface area contributed by atoms with E-state index in [0.717, 1.165) is 0 Å². The number of carbonyl (C=O) groups is 3. The number of para-hydroxylation sites is 2. The van der Waals surface area contributed by atoms with Gasteiger partial charge in [0, 0.05) is 18.5 Å². The molecule has 0 aliphatic heterocycles. The lowest BCUT2D eigenvalue weighted by Crippen LogP contribution is -2.21. The number of hydrogen-bond acceptors (Lipinski definition) is 5. The maximum Gasteiger partial charge on any atom is 0.306 e. The van der Waals surface area contributed by atoms with Crippen molar-refractivity contribution < 1.29 is 28.2 Å². The van der Waals surface area contributed by atoms with Crippen LogP contribution in [-0.2, 0) is 19.1 Å². The lowest BCUT2D eigenvalue weighted by Gasteiger charge is -2.11. The number of carbonyl (C=O) groups excluding carboxylic acids is 3. The van der Waals surface area contributed by atoms with Crippen molar-refractivity contribution in [3.63, 3.8) is 0 Å². The Bertz CT molecular complexity index is 839.